The molecule has 0 radical (unpaired) electrons. The van der Waals surface area contributed by atoms with E-state index in [0.717, 1.165) is 12.0 Å². The van der Waals surface area contributed by atoms with Crippen LogP contribution in [0.4, 0.5) is 0 Å². The van der Waals surface area contributed by atoms with Gasteiger partial charge in [-0.3, -0.25) is 4.79 Å². The van der Waals surface area contributed by atoms with Gasteiger partial charge in [0.25, 0.3) is 0 Å². The first-order valence-corrected chi connectivity index (χ1v) is 5.69. The standard InChI is InChI=1S/C13H20N2O/c1-3-12(14)9-15-13(16)8-11-6-4-10(2)5-7-11/h4-7,12H,3,8-9,14H2,1-2H3,(H,15,16). The van der Waals surface area contributed by atoms with Crippen molar-refractivity contribution in [2.24, 2.45) is 5.73 Å². The summed E-state index contributed by atoms with van der Waals surface area (Å²) < 4.78 is 0. The van der Waals surface area contributed by atoms with E-state index < -0.39 is 0 Å². The Morgan fingerprint density at radius 2 is 2.00 bits per heavy atom. The van der Waals surface area contributed by atoms with Crippen molar-refractivity contribution in [1.82, 2.24) is 5.32 Å². The zero-order valence-electron chi connectivity index (χ0n) is 9.99. The fourth-order valence-corrected chi connectivity index (χ4v) is 1.34. The predicted molar refractivity (Wildman–Crippen MR) is 66.2 cm³/mol. The van der Waals surface area contributed by atoms with E-state index in [1.54, 1.807) is 0 Å². The molecular weight excluding hydrogens is 200 g/mol. The molecule has 1 rings (SSSR count). The Balaban J connectivity index is 2.37. The first-order valence-electron chi connectivity index (χ1n) is 5.69. The van der Waals surface area contributed by atoms with Crippen molar-refractivity contribution < 1.29 is 4.79 Å². The van der Waals surface area contributed by atoms with Crippen molar-refractivity contribution >= 4 is 5.91 Å². The topological polar surface area (TPSA) is 55.1 Å². The minimum absolute atomic E-state index is 0.0350. The average molecular weight is 220 g/mol. The molecule has 1 aromatic carbocycles. The normalized spacial score (nSPS) is 12.2. The SMILES string of the molecule is CCC(N)CNC(=O)Cc1ccc(C)cc1. The molecule has 1 atom stereocenters. The smallest absolute Gasteiger partial charge is 0.224 e. The Hall–Kier alpha value is -1.35. The first-order chi connectivity index (χ1) is 7.61. The maximum atomic E-state index is 11.6. The second kappa shape index (κ2) is 6.28. The van der Waals surface area contributed by atoms with Crippen molar-refractivity contribution in [1.29, 1.82) is 0 Å². The summed E-state index contributed by atoms with van der Waals surface area (Å²) in [5, 5.41) is 2.83. The number of hydrogen-bond acceptors (Lipinski definition) is 2. The lowest BCUT2D eigenvalue weighted by Crippen LogP contribution is -2.37. The highest BCUT2D eigenvalue weighted by atomic mass is 16.1. The fraction of sp³-hybridized carbons (Fsp3) is 0.462. The molecule has 0 saturated carbocycles. The average Bonchev–Trinajstić information content (AvgIpc) is 2.29. The van der Waals surface area contributed by atoms with Gasteiger partial charge >= 0.3 is 0 Å². The number of carbonyl (C=O) groups excluding carboxylic acids is 1. The van der Waals surface area contributed by atoms with Crippen molar-refractivity contribution in [3.8, 4) is 0 Å². The van der Waals surface area contributed by atoms with Crippen LogP contribution in [0, 0.1) is 6.92 Å². The highest BCUT2D eigenvalue weighted by molar-refractivity contribution is 5.78. The van der Waals surface area contributed by atoms with Crippen LogP contribution in [0.1, 0.15) is 24.5 Å². The first kappa shape index (κ1) is 12.7. The Morgan fingerprint density at radius 3 is 2.56 bits per heavy atom. The minimum Gasteiger partial charge on any atom is -0.354 e. The van der Waals surface area contributed by atoms with Gasteiger partial charge in [-0.2, -0.15) is 0 Å². The van der Waals surface area contributed by atoms with Gasteiger partial charge in [0.2, 0.25) is 5.91 Å². The molecule has 3 nitrogen and oxygen atoms in total. The molecule has 0 aliphatic heterocycles. The molecule has 1 amide bonds. The van der Waals surface area contributed by atoms with Crippen LogP contribution in [0.3, 0.4) is 0 Å². The number of nitrogens with two attached hydrogens (primary N) is 1. The Morgan fingerprint density at radius 1 is 1.38 bits per heavy atom. The molecular formula is C13H20N2O. The van der Waals surface area contributed by atoms with E-state index >= 15 is 0 Å². The largest absolute Gasteiger partial charge is 0.354 e. The van der Waals surface area contributed by atoms with E-state index in [2.05, 4.69) is 5.32 Å². The molecule has 1 aromatic rings. The van der Waals surface area contributed by atoms with E-state index in [1.165, 1.54) is 5.56 Å². The second-order valence-electron chi connectivity index (χ2n) is 4.13. The number of hydrogen-bond donors (Lipinski definition) is 2. The lowest BCUT2D eigenvalue weighted by Gasteiger charge is -2.10. The van der Waals surface area contributed by atoms with Crippen molar-refractivity contribution in [3.63, 3.8) is 0 Å². The van der Waals surface area contributed by atoms with Crippen LogP contribution in [0.15, 0.2) is 24.3 Å². The monoisotopic (exact) mass is 220 g/mol. The predicted octanol–water partition coefficient (Wildman–Crippen LogP) is 1.39. The summed E-state index contributed by atoms with van der Waals surface area (Å²) >= 11 is 0. The number of nitrogens with one attached hydrogen (secondary N) is 1. The van der Waals surface area contributed by atoms with Gasteiger partial charge in [-0.15, -0.1) is 0 Å². The van der Waals surface area contributed by atoms with Crippen LogP contribution < -0.4 is 11.1 Å². The molecule has 3 N–H and O–H groups in total. The van der Waals surface area contributed by atoms with Gasteiger partial charge in [0.1, 0.15) is 0 Å². The molecule has 88 valence electrons. The van der Waals surface area contributed by atoms with Gasteiger partial charge in [-0.25, -0.2) is 0 Å². The van der Waals surface area contributed by atoms with E-state index in [-0.39, 0.29) is 11.9 Å². The summed E-state index contributed by atoms with van der Waals surface area (Å²) in [5.74, 6) is 0.0350. The molecule has 0 heterocycles. The quantitative estimate of drug-likeness (QED) is 0.788. The summed E-state index contributed by atoms with van der Waals surface area (Å²) in [6.45, 7) is 4.60. The number of aryl methyl sites for hydroxylation is 1. The second-order valence-corrected chi connectivity index (χ2v) is 4.13. The van der Waals surface area contributed by atoms with Crippen LogP contribution in [0.2, 0.25) is 0 Å². The number of benzene rings is 1. The number of carbonyl (C=O) groups is 1. The van der Waals surface area contributed by atoms with Crippen LogP contribution in [-0.2, 0) is 11.2 Å². The highest BCUT2D eigenvalue weighted by Gasteiger charge is 2.04. The van der Waals surface area contributed by atoms with Crippen LogP contribution in [0.25, 0.3) is 0 Å². The molecule has 1 unspecified atom stereocenters. The zero-order valence-corrected chi connectivity index (χ0v) is 9.99. The zero-order chi connectivity index (χ0) is 12.0. The van der Waals surface area contributed by atoms with Crippen LogP contribution >= 0.6 is 0 Å². The Labute approximate surface area is 97.0 Å². The highest BCUT2D eigenvalue weighted by Crippen LogP contribution is 2.03. The van der Waals surface area contributed by atoms with E-state index in [4.69, 9.17) is 5.73 Å². The minimum atomic E-state index is 0.0350. The third kappa shape index (κ3) is 4.45. The molecule has 0 bridgehead atoms. The summed E-state index contributed by atoms with van der Waals surface area (Å²) in [6, 6.07) is 8.05. The van der Waals surface area contributed by atoms with Gasteiger partial charge in [-0.05, 0) is 18.9 Å². The van der Waals surface area contributed by atoms with Crippen molar-refractivity contribution in [2.75, 3.05) is 6.54 Å². The van der Waals surface area contributed by atoms with Crippen molar-refractivity contribution in [3.05, 3.63) is 35.4 Å². The van der Waals surface area contributed by atoms with Gasteiger partial charge < -0.3 is 11.1 Å². The van der Waals surface area contributed by atoms with Crippen LogP contribution in [0.5, 0.6) is 0 Å². The molecule has 3 heteroatoms. The van der Waals surface area contributed by atoms with Gasteiger partial charge in [0.05, 0.1) is 6.42 Å². The summed E-state index contributed by atoms with van der Waals surface area (Å²) in [4.78, 5) is 11.6. The molecule has 0 fully saturated rings. The van der Waals surface area contributed by atoms with Gasteiger partial charge in [0, 0.05) is 12.6 Å². The molecule has 0 aliphatic rings. The summed E-state index contributed by atoms with van der Waals surface area (Å²) in [5.41, 5.74) is 7.96. The van der Waals surface area contributed by atoms with E-state index in [1.807, 2.05) is 38.1 Å². The van der Waals surface area contributed by atoms with Crippen LogP contribution in [-0.4, -0.2) is 18.5 Å². The maximum Gasteiger partial charge on any atom is 0.224 e. The van der Waals surface area contributed by atoms with Crippen molar-refractivity contribution in [2.45, 2.75) is 32.7 Å². The van der Waals surface area contributed by atoms with E-state index in [9.17, 15) is 4.79 Å². The van der Waals surface area contributed by atoms with Gasteiger partial charge in [0.15, 0.2) is 0 Å². The lowest BCUT2D eigenvalue weighted by atomic mass is 10.1. The Bertz CT molecular complexity index is 332. The number of rotatable bonds is 5. The van der Waals surface area contributed by atoms with Gasteiger partial charge in [-0.1, -0.05) is 36.8 Å². The molecule has 0 aromatic heterocycles. The summed E-state index contributed by atoms with van der Waals surface area (Å²) in [6.07, 6.45) is 1.31. The third-order valence-corrected chi connectivity index (χ3v) is 2.57. The third-order valence-electron chi connectivity index (χ3n) is 2.57. The molecule has 0 spiro atoms. The van der Waals surface area contributed by atoms with E-state index in [0.29, 0.717) is 13.0 Å². The molecule has 0 saturated heterocycles. The maximum absolute atomic E-state index is 11.6. The Kier molecular flexibility index (Phi) is 4.99. The lowest BCUT2D eigenvalue weighted by molar-refractivity contribution is -0.120. The fourth-order valence-electron chi connectivity index (χ4n) is 1.34. The summed E-state index contributed by atoms with van der Waals surface area (Å²) in [7, 11) is 0. The molecule has 0 aliphatic carbocycles. The number of amides is 1. The molecule has 16 heavy (non-hydrogen) atoms.